The summed E-state index contributed by atoms with van der Waals surface area (Å²) in [6.45, 7) is 9.61. The molecule has 0 radical (unpaired) electrons. The van der Waals surface area contributed by atoms with Gasteiger partial charge in [-0.2, -0.15) is 4.98 Å². The standard InChI is InChI=1S/C33H42N10O2/c1-6-14-42-32(45)26-20-35-33(38-31(26)43(42)29(34)9-10-30(44)36-21(2)3)37-22-18-27(40-15-11-23(12-16-40)39(4)5)25-13-17-41(24-7-8-24)28(25)19-22/h6,9-10,13,17-21,23-24,34H,1,7-8,11-12,14-16H2,2-5H3,(H,36,44)(H,35,37,38)/b10-9-,34-29?. The van der Waals surface area contributed by atoms with E-state index in [-0.39, 0.29) is 40.9 Å². The molecule has 236 valence electrons. The van der Waals surface area contributed by atoms with Crippen LogP contribution in [0.2, 0.25) is 0 Å². The molecular formula is C33H42N10O2. The molecule has 3 N–H and O–H groups in total. The second-order valence-corrected chi connectivity index (χ2v) is 12.5. The number of amides is 1. The van der Waals surface area contributed by atoms with Crippen molar-refractivity contribution in [2.45, 2.75) is 64.2 Å². The minimum absolute atomic E-state index is 0.0409. The molecule has 45 heavy (non-hydrogen) atoms. The summed E-state index contributed by atoms with van der Waals surface area (Å²) in [7, 11) is 4.31. The zero-order chi connectivity index (χ0) is 31.8. The van der Waals surface area contributed by atoms with Crippen molar-refractivity contribution in [3.8, 4) is 0 Å². The normalized spacial score (nSPS) is 16.0. The number of fused-ring (bicyclic) bond motifs is 2. The number of anilines is 3. The van der Waals surface area contributed by atoms with Crippen molar-refractivity contribution >= 4 is 51.0 Å². The van der Waals surface area contributed by atoms with Crippen LogP contribution in [0.1, 0.15) is 45.6 Å². The first-order valence-electron chi connectivity index (χ1n) is 15.6. The number of benzene rings is 1. The lowest BCUT2D eigenvalue weighted by Crippen LogP contribution is -2.42. The highest BCUT2D eigenvalue weighted by molar-refractivity contribution is 6.02. The van der Waals surface area contributed by atoms with Crippen LogP contribution >= 0.6 is 0 Å². The average molecular weight is 611 g/mol. The zero-order valence-electron chi connectivity index (χ0n) is 26.5. The van der Waals surface area contributed by atoms with E-state index in [1.54, 1.807) is 6.08 Å². The van der Waals surface area contributed by atoms with Crippen molar-refractivity contribution < 1.29 is 4.79 Å². The third-order valence-electron chi connectivity index (χ3n) is 8.58. The number of piperidine rings is 1. The van der Waals surface area contributed by atoms with E-state index in [0.717, 1.165) is 31.6 Å². The first-order chi connectivity index (χ1) is 21.6. The molecule has 6 rings (SSSR count). The first kappa shape index (κ1) is 30.3. The van der Waals surface area contributed by atoms with E-state index in [2.05, 4.69) is 75.1 Å². The number of rotatable bonds is 10. The molecule has 0 atom stereocenters. The van der Waals surface area contributed by atoms with Gasteiger partial charge in [0.05, 0.1) is 12.1 Å². The fraction of sp³-hybridized carbons (Fsp3) is 0.424. The molecule has 1 saturated carbocycles. The summed E-state index contributed by atoms with van der Waals surface area (Å²) in [5, 5.41) is 16.4. The van der Waals surface area contributed by atoms with Gasteiger partial charge in [-0.15, -0.1) is 6.58 Å². The fourth-order valence-corrected chi connectivity index (χ4v) is 6.18. The van der Waals surface area contributed by atoms with Gasteiger partial charge in [0.25, 0.3) is 5.56 Å². The molecule has 0 spiro atoms. The van der Waals surface area contributed by atoms with Crippen LogP contribution in [0.15, 0.2) is 60.2 Å². The summed E-state index contributed by atoms with van der Waals surface area (Å²) in [6.07, 6.45) is 12.5. The van der Waals surface area contributed by atoms with E-state index in [1.807, 2.05) is 13.8 Å². The van der Waals surface area contributed by atoms with Crippen LogP contribution in [0.3, 0.4) is 0 Å². The van der Waals surface area contributed by atoms with Crippen molar-refractivity contribution in [1.82, 2.24) is 34.1 Å². The van der Waals surface area contributed by atoms with Crippen LogP contribution in [-0.2, 0) is 11.3 Å². The van der Waals surface area contributed by atoms with Gasteiger partial charge in [-0.25, -0.2) is 14.3 Å². The second kappa shape index (κ2) is 12.4. The summed E-state index contributed by atoms with van der Waals surface area (Å²) in [5.41, 5.74) is 3.15. The van der Waals surface area contributed by atoms with E-state index < -0.39 is 0 Å². The highest BCUT2D eigenvalue weighted by atomic mass is 16.1. The van der Waals surface area contributed by atoms with Gasteiger partial charge < -0.3 is 25.0 Å². The zero-order valence-corrected chi connectivity index (χ0v) is 26.5. The number of nitrogens with zero attached hydrogens (tertiary/aromatic N) is 7. The van der Waals surface area contributed by atoms with Gasteiger partial charge in [0, 0.05) is 66.4 Å². The maximum Gasteiger partial charge on any atom is 0.278 e. The predicted molar refractivity (Wildman–Crippen MR) is 180 cm³/mol. The van der Waals surface area contributed by atoms with E-state index in [9.17, 15) is 9.59 Å². The van der Waals surface area contributed by atoms with Crippen LogP contribution in [0.25, 0.3) is 21.9 Å². The van der Waals surface area contributed by atoms with Gasteiger partial charge in [-0.1, -0.05) is 6.08 Å². The lowest BCUT2D eigenvalue weighted by atomic mass is 10.0. The third-order valence-corrected chi connectivity index (χ3v) is 8.58. The molecule has 4 aromatic rings. The summed E-state index contributed by atoms with van der Waals surface area (Å²) < 4.78 is 5.14. The Balaban J connectivity index is 1.37. The Morgan fingerprint density at radius 2 is 1.91 bits per heavy atom. The van der Waals surface area contributed by atoms with Crippen LogP contribution in [-0.4, -0.2) is 79.8 Å². The monoisotopic (exact) mass is 610 g/mol. The second-order valence-electron chi connectivity index (χ2n) is 12.5. The van der Waals surface area contributed by atoms with Crippen molar-refractivity contribution in [3.63, 3.8) is 0 Å². The Hall–Kier alpha value is -4.71. The van der Waals surface area contributed by atoms with Gasteiger partial charge >= 0.3 is 0 Å². The van der Waals surface area contributed by atoms with E-state index in [0.29, 0.717) is 18.0 Å². The predicted octanol–water partition coefficient (Wildman–Crippen LogP) is 4.25. The van der Waals surface area contributed by atoms with Crippen LogP contribution in [0, 0.1) is 5.41 Å². The van der Waals surface area contributed by atoms with Crippen LogP contribution in [0.4, 0.5) is 17.3 Å². The minimum atomic E-state index is -0.340. The third kappa shape index (κ3) is 6.15. The van der Waals surface area contributed by atoms with Crippen LogP contribution in [0.5, 0.6) is 0 Å². The Morgan fingerprint density at radius 1 is 1.16 bits per heavy atom. The van der Waals surface area contributed by atoms with Gasteiger partial charge in [-0.05, 0) is 77.9 Å². The van der Waals surface area contributed by atoms with Crippen LogP contribution < -0.4 is 21.1 Å². The Bertz CT molecular complexity index is 1850. The lowest BCUT2D eigenvalue weighted by Gasteiger charge is -2.37. The molecule has 12 nitrogen and oxygen atoms in total. The highest BCUT2D eigenvalue weighted by Gasteiger charge is 2.27. The summed E-state index contributed by atoms with van der Waals surface area (Å²) in [5.74, 6) is -0.101. The molecule has 12 heteroatoms. The molecule has 2 fully saturated rings. The molecule has 0 unspecified atom stereocenters. The molecule has 1 aromatic carbocycles. The molecule has 4 heterocycles. The van der Waals surface area contributed by atoms with Gasteiger partial charge in [0.1, 0.15) is 11.2 Å². The molecule has 1 saturated heterocycles. The van der Waals surface area contributed by atoms with Crippen molar-refractivity contribution in [2.24, 2.45) is 0 Å². The quantitative estimate of drug-likeness (QED) is 0.106. The first-order valence-corrected chi connectivity index (χ1v) is 15.6. The average Bonchev–Trinajstić information content (AvgIpc) is 3.71. The Morgan fingerprint density at radius 3 is 2.58 bits per heavy atom. The molecule has 2 aliphatic rings. The molecule has 0 bridgehead atoms. The molecule has 1 aliphatic heterocycles. The lowest BCUT2D eigenvalue weighted by molar-refractivity contribution is -0.116. The minimum Gasteiger partial charge on any atom is -0.371 e. The van der Waals surface area contributed by atoms with Gasteiger partial charge in [0.15, 0.2) is 5.65 Å². The highest BCUT2D eigenvalue weighted by Crippen LogP contribution is 2.41. The Labute approximate surface area is 262 Å². The molecule has 1 amide bonds. The van der Waals surface area contributed by atoms with E-state index >= 15 is 0 Å². The molecular weight excluding hydrogens is 568 g/mol. The number of carbonyl (C=O) groups is 1. The number of hydrogen-bond donors (Lipinski definition) is 3. The Kier molecular flexibility index (Phi) is 8.32. The maximum absolute atomic E-state index is 13.3. The summed E-state index contributed by atoms with van der Waals surface area (Å²) in [4.78, 5) is 39.5. The smallest absolute Gasteiger partial charge is 0.278 e. The van der Waals surface area contributed by atoms with E-state index in [1.165, 1.54) is 57.1 Å². The van der Waals surface area contributed by atoms with Gasteiger partial charge in [0.2, 0.25) is 11.9 Å². The van der Waals surface area contributed by atoms with Crippen molar-refractivity contribution in [3.05, 3.63) is 65.8 Å². The van der Waals surface area contributed by atoms with Crippen molar-refractivity contribution in [1.29, 1.82) is 5.41 Å². The number of nitrogens with one attached hydrogen (secondary N) is 3. The van der Waals surface area contributed by atoms with Gasteiger partial charge in [-0.3, -0.25) is 15.0 Å². The van der Waals surface area contributed by atoms with E-state index in [4.69, 9.17) is 10.4 Å². The fourth-order valence-electron chi connectivity index (χ4n) is 6.18. The molecule has 1 aliphatic carbocycles. The summed E-state index contributed by atoms with van der Waals surface area (Å²) >= 11 is 0. The SMILES string of the molecule is C=CCn1c(=O)c2cnc(Nc3cc(N4CCC(N(C)C)CC4)c4ccn(C5CC5)c4c3)nc2n1C(=N)/C=C\C(=O)NC(C)C. The van der Waals surface area contributed by atoms with Crippen molar-refractivity contribution in [2.75, 3.05) is 37.4 Å². The summed E-state index contributed by atoms with van der Waals surface area (Å²) in [6, 6.07) is 7.61. The number of hydrogen-bond acceptors (Lipinski definition) is 8. The maximum atomic E-state index is 13.3. The number of aromatic nitrogens is 5. The largest absolute Gasteiger partial charge is 0.371 e. The number of carbonyl (C=O) groups excluding carboxylic acids is 1. The topological polar surface area (TPSA) is 129 Å². The molecule has 3 aromatic heterocycles. The number of allylic oxidation sites excluding steroid dienone is 2.